The molecule has 1 saturated heterocycles. The first kappa shape index (κ1) is 12.9. The zero-order valence-electron chi connectivity index (χ0n) is 11.2. The Bertz CT molecular complexity index is 469. The summed E-state index contributed by atoms with van der Waals surface area (Å²) in [6, 6.07) is 5.13. The number of phenolic OH excluding ortho intramolecular Hbond substituents is 1. The second-order valence-corrected chi connectivity index (χ2v) is 5.47. The van der Waals surface area contributed by atoms with E-state index in [-0.39, 0.29) is 17.2 Å². The summed E-state index contributed by atoms with van der Waals surface area (Å²) in [5.74, 6) is -0.0392. The maximum absolute atomic E-state index is 12.5. The Morgan fingerprint density at radius 1 is 1.44 bits per heavy atom. The molecule has 18 heavy (non-hydrogen) atoms. The van der Waals surface area contributed by atoms with Gasteiger partial charge in [0.2, 0.25) is 0 Å². The van der Waals surface area contributed by atoms with E-state index >= 15 is 0 Å². The average Bonchev–Trinajstić information content (AvgIpc) is 2.31. The number of nitrogens with one attached hydrogen (secondary N) is 1. The number of phenols is 1. The lowest BCUT2D eigenvalue weighted by Gasteiger charge is -2.42. The lowest BCUT2D eigenvalue weighted by Crippen LogP contribution is -2.59. The van der Waals surface area contributed by atoms with E-state index in [1.165, 1.54) is 0 Å². The number of hydrogen-bond acceptors (Lipinski definition) is 3. The number of nitrogens with zero attached hydrogens (tertiary/aromatic N) is 1. The summed E-state index contributed by atoms with van der Waals surface area (Å²) in [6.07, 6.45) is 0. The van der Waals surface area contributed by atoms with Gasteiger partial charge < -0.3 is 15.3 Å². The first-order chi connectivity index (χ1) is 8.42. The first-order valence-electron chi connectivity index (χ1n) is 6.24. The number of rotatable bonds is 1. The maximum Gasteiger partial charge on any atom is 0.258 e. The molecule has 1 fully saturated rings. The van der Waals surface area contributed by atoms with Crippen LogP contribution in [0.25, 0.3) is 0 Å². The SMILES string of the molecule is Cc1ccc(O)c(C(=O)N2CCNCC2(C)C)c1. The van der Waals surface area contributed by atoms with Gasteiger partial charge in [-0.15, -0.1) is 0 Å². The number of aromatic hydroxyl groups is 1. The second kappa shape index (κ2) is 4.61. The van der Waals surface area contributed by atoms with Crippen LogP contribution in [0, 0.1) is 6.92 Å². The third-order valence-electron chi connectivity index (χ3n) is 3.43. The van der Waals surface area contributed by atoms with Gasteiger partial charge in [-0.3, -0.25) is 4.79 Å². The zero-order chi connectivity index (χ0) is 13.3. The Balaban J connectivity index is 2.33. The molecule has 1 aliphatic rings. The van der Waals surface area contributed by atoms with Crippen LogP contribution in [0.5, 0.6) is 5.75 Å². The number of aryl methyl sites for hydroxylation is 1. The highest BCUT2D eigenvalue weighted by Crippen LogP contribution is 2.25. The molecule has 4 heteroatoms. The summed E-state index contributed by atoms with van der Waals surface area (Å²) in [6.45, 7) is 8.21. The molecule has 0 aliphatic carbocycles. The molecular weight excluding hydrogens is 228 g/mol. The van der Waals surface area contributed by atoms with Gasteiger partial charge in [-0.2, -0.15) is 0 Å². The van der Waals surface area contributed by atoms with E-state index in [1.807, 2.05) is 25.7 Å². The minimum Gasteiger partial charge on any atom is -0.507 e. The van der Waals surface area contributed by atoms with Crippen LogP contribution >= 0.6 is 0 Å². The smallest absolute Gasteiger partial charge is 0.258 e. The summed E-state index contributed by atoms with van der Waals surface area (Å²) >= 11 is 0. The molecule has 98 valence electrons. The van der Waals surface area contributed by atoms with Crippen molar-refractivity contribution in [3.63, 3.8) is 0 Å². The lowest BCUT2D eigenvalue weighted by atomic mass is 9.98. The van der Waals surface area contributed by atoms with Crippen molar-refractivity contribution in [3.8, 4) is 5.75 Å². The Morgan fingerprint density at radius 3 is 2.83 bits per heavy atom. The molecule has 2 N–H and O–H groups in total. The van der Waals surface area contributed by atoms with Gasteiger partial charge >= 0.3 is 0 Å². The Labute approximate surface area is 108 Å². The van der Waals surface area contributed by atoms with Crippen molar-refractivity contribution in [2.45, 2.75) is 26.3 Å². The monoisotopic (exact) mass is 248 g/mol. The van der Waals surface area contributed by atoms with Crippen LogP contribution in [0.15, 0.2) is 18.2 Å². The van der Waals surface area contributed by atoms with E-state index < -0.39 is 0 Å². The van der Waals surface area contributed by atoms with Crippen LogP contribution in [-0.4, -0.2) is 41.1 Å². The van der Waals surface area contributed by atoms with E-state index in [2.05, 4.69) is 5.32 Å². The number of hydrogen-bond donors (Lipinski definition) is 2. The highest BCUT2D eigenvalue weighted by Gasteiger charge is 2.34. The fourth-order valence-electron chi connectivity index (χ4n) is 2.33. The highest BCUT2D eigenvalue weighted by atomic mass is 16.3. The summed E-state index contributed by atoms with van der Waals surface area (Å²) in [7, 11) is 0. The predicted octanol–water partition coefficient (Wildman–Crippen LogP) is 1.52. The molecule has 0 spiro atoms. The molecule has 0 atom stereocenters. The topological polar surface area (TPSA) is 52.6 Å². The lowest BCUT2D eigenvalue weighted by molar-refractivity contribution is 0.0474. The molecular formula is C14H20N2O2. The molecule has 0 unspecified atom stereocenters. The first-order valence-corrected chi connectivity index (χ1v) is 6.24. The van der Waals surface area contributed by atoms with Crippen molar-refractivity contribution in [1.82, 2.24) is 10.2 Å². The molecule has 1 amide bonds. The van der Waals surface area contributed by atoms with Crippen molar-refractivity contribution in [2.75, 3.05) is 19.6 Å². The van der Waals surface area contributed by atoms with Gasteiger partial charge in [0.1, 0.15) is 5.75 Å². The largest absolute Gasteiger partial charge is 0.507 e. The number of piperazine rings is 1. The normalized spacial score (nSPS) is 18.7. The van der Waals surface area contributed by atoms with Crippen LogP contribution in [0.4, 0.5) is 0 Å². The van der Waals surface area contributed by atoms with Crippen molar-refractivity contribution in [2.24, 2.45) is 0 Å². The van der Waals surface area contributed by atoms with E-state index in [4.69, 9.17) is 0 Å². The molecule has 1 aliphatic heterocycles. The summed E-state index contributed by atoms with van der Waals surface area (Å²) in [4.78, 5) is 14.4. The molecule has 1 aromatic carbocycles. The van der Waals surface area contributed by atoms with E-state index in [0.29, 0.717) is 12.1 Å². The van der Waals surface area contributed by atoms with Gasteiger partial charge in [-0.25, -0.2) is 0 Å². The van der Waals surface area contributed by atoms with Crippen LogP contribution in [0.1, 0.15) is 29.8 Å². The molecule has 0 aromatic heterocycles. The van der Waals surface area contributed by atoms with Crippen LogP contribution in [0.2, 0.25) is 0 Å². The van der Waals surface area contributed by atoms with Crippen LogP contribution in [0.3, 0.4) is 0 Å². The molecule has 0 saturated carbocycles. The minimum atomic E-state index is -0.231. The van der Waals surface area contributed by atoms with E-state index in [9.17, 15) is 9.90 Å². The fourth-order valence-corrected chi connectivity index (χ4v) is 2.33. The summed E-state index contributed by atoms with van der Waals surface area (Å²) in [5.41, 5.74) is 1.14. The van der Waals surface area contributed by atoms with Gasteiger partial charge in [0.25, 0.3) is 5.91 Å². The third kappa shape index (κ3) is 2.34. The molecule has 0 radical (unpaired) electrons. The van der Waals surface area contributed by atoms with Gasteiger partial charge in [0.05, 0.1) is 11.1 Å². The second-order valence-electron chi connectivity index (χ2n) is 5.47. The molecule has 2 rings (SSSR count). The van der Waals surface area contributed by atoms with Gasteiger partial charge in [0, 0.05) is 19.6 Å². The predicted molar refractivity (Wildman–Crippen MR) is 70.8 cm³/mol. The number of carbonyl (C=O) groups is 1. The van der Waals surface area contributed by atoms with E-state index in [0.717, 1.165) is 18.7 Å². The average molecular weight is 248 g/mol. The number of carbonyl (C=O) groups excluding carboxylic acids is 1. The molecule has 0 bridgehead atoms. The Morgan fingerprint density at radius 2 is 2.17 bits per heavy atom. The number of benzene rings is 1. The summed E-state index contributed by atoms with van der Waals surface area (Å²) < 4.78 is 0. The van der Waals surface area contributed by atoms with Crippen LogP contribution < -0.4 is 5.32 Å². The van der Waals surface area contributed by atoms with Crippen molar-refractivity contribution in [3.05, 3.63) is 29.3 Å². The zero-order valence-corrected chi connectivity index (χ0v) is 11.2. The van der Waals surface area contributed by atoms with Crippen LogP contribution in [-0.2, 0) is 0 Å². The van der Waals surface area contributed by atoms with E-state index in [1.54, 1.807) is 18.2 Å². The highest BCUT2D eigenvalue weighted by molar-refractivity contribution is 5.97. The Kier molecular flexibility index (Phi) is 3.30. The van der Waals surface area contributed by atoms with Crippen molar-refractivity contribution < 1.29 is 9.90 Å². The molecule has 1 heterocycles. The fraction of sp³-hybridized carbons (Fsp3) is 0.500. The standard InChI is InChI=1S/C14H20N2O2/c1-10-4-5-12(17)11(8-10)13(18)16-7-6-15-9-14(16,2)3/h4-5,8,15,17H,6-7,9H2,1-3H3. The summed E-state index contributed by atoms with van der Waals surface area (Å²) in [5, 5.41) is 13.1. The minimum absolute atomic E-state index is 0.0555. The molecule has 4 nitrogen and oxygen atoms in total. The Hall–Kier alpha value is -1.55. The third-order valence-corrected chi connectivity index (χ3v) is 3.43. The number of amides is 1. The van der Waals surface area contributed by atoms with Gasteiger partial charge in [-0.1, -0.05) is 11.6 Å². The molecule has 1 aromatic rings. The van der Waals surface area contributed by atoms with Gasteiger partial charge in [0.15, 0.2) is 0 Å². The van der Waals surface area contributed by atoms with Crippen molar-refractivity contribution in [1.29, 1.82) is 0 Å². The maximum atomic E-state index is 12.5. The van der Waals surface area contributed by atoms with Crippen molar-refractivity contribution >= 4 is 5.91 Å². The van der Waals surface area contributed by atoms with Gasteiger partial charge in [-0.05, 0) is 32.9 Å². The quantitative estimate of drug-likeness (QED) is 0.792.